The number of pyridine rings is 1. The zero-order chi connectivity index (χ0) is 60.3. The SMILES string of the molecule is [2H]c1c([2H])c([2H])c(-c2cnc(-n3c4ccccc4c4ccc(Oc5cccc(-n6[c-][n+](-c7c(-c8cc(C(C)(C)C)cc(C(C)(C)C)c8)cccc7C(C)(C)C)c7ccc(-c8ccc(C(C)(C)C)cc8)cc76)c5)cc43)cc2C([2H])([2H])[2H])c([2H])c1[2H]. The maximum absolute atomic E-state index is 8.70. The monoisotopic (exact) mass is 1000 g/mol. The molecule has 11 rings (SSSR count). The smallest absolute Gasteiger partial charge is 0.269 e. The van der Waals surface area contributed by atoms with Crippen molar-refractivity contribution >= 4 is 32.8 Å². The van der Waals surface area contributed by atoms with Crippen molar-refractivity contribution in [2.45, 2.75) is 112 Å². The lowest BCUT2D eigenvalue weighted by Gasteiger charge is -2.29. The van der Waals surface area contributed by atoms with E-state index in [1.807, 2.05) is 65.2 Å². The molecule has 380 valence electrons. The van der Waals surface area contributed by atoms with E-state index in [1.165, 1.54) is 34.5 Å². The molecule has 3 heterocycles. The van der Waals surface area contributed by atoms with E-state index in [4.69, 9.17) is 20.7 Å². The summed E-state index contributed by atoms with van der Waals surface area (Å²) in [5, 5.41) is 1.77. The average Bonchev–Trinajstić information content (AvgIpc) is 3.93. The summed E-state index contributed by atoms with van der Waals surface area (Å²) in [7, 11) is 0. The lowest BCUT2D eigenvalue weighted by molar-refractivity contribution is -0.572. The van der Waals surface area contributed by atoms with E-state index in [1.54, 1.807) is 0 Å². The number of rotatable bonds is 8. The van der Waals surface area contributed by atoms with Crippen molar-refractivity contribution < 1.29 is 20.3 Å². The predicted octanol–water partition coefficient (Wildman–Crippen LogP) is 18.5. The third-order valence-corrected chi connectivity index (χ3v) is 14.6. The molecular weight excluding hydrogens is 925 g/mol. The summed E-state index contributed by atoms with van der Waals surface area (Å²) in [6.45, 7) is 24.4. The summed E-state index contributed by atoms with van der Waals surface area (Å²) < 4.78 is 81.3. The topological polar surface area (TPSA) is 35.9 Å². The molecule has 0 radical (unpaired) electrons. The van der Waals surface area contributed by atoms with Crippen LogP contribution < -0.4 is 9.30 Å². The largest absolute Gasteiger partial charge is 0.458 e. The molecule has 0 unspecified atom stereocenters. The lowest BCUT2D eigenvalue weighted by atomic mass is 9.78. The first-order valence-corrected chi connectivity index (χ1v) is 26.2. The van der Waals surface area contributed by atoms with Crippen LogP contribution in [0, 0.1) is 13.2 Å². The second kappa shape index (κ2) is 18.7. The number of imidazole rings is 1. The van der Waals surface area contributed by atoms with Crippen LogP contribution in [0.25, 0.3) is 83.4 Å². The number of nitrogens with zero attached hydrogens (tertiary/aromatic N) is 4. The molecule has 0 saturated heterocycles. The first kappa shape index (κ1) is 41.3. The highest BCUT2D eigenvalue weighted by atomic mass is 16.5. The van der Waals surface area contributed by atoms with Crippen molar-refractivity contribution in [3.63, 3.8) is 0 Å². The van der Waals surface area contributed by atoms with Crippen molar-refractivity contribution in [3.05, 3.63) is 222 Å². The highest BCUT2D eigenvalue weighted by Gasteiger charge is 2.28. The van der Waals surface area contributed by atoms with Crippen LogP contribution in [0.15, 0.2) is 188 Å². The standard InChI is InChI=1S/C71H70N4O/c1-46-37-66(72-44-60(46)48-21-15-14-16-22-48)75-62-28-18-17-25-58(62)59-35-34-56(43-64(59)75)76-55-24-19-23-54(42-55)73-45-74(63-36-31-49(40-65(63)73)47-29-32-51(33-30-47)68(2,3)4)67-57(26-20-27-61(67)71(11,12)13)50-38-52(69(5,6)7)41-53(39-50)70(8,9)10/h14-44H,1-13H3/i1D3,14D,15D,16D,21D,22D. The van der Waals surface area contributed by atoms with Gasteiger partial charge in [-0.15, -0.1) is 0 Å². The minimum absolute atomic E-state index is 0.00498. The Morgan fingerprint density at radius 2 is 1.18 bits per heavy atom. The minimum Gasteiger partial charge on any atom is -0.458 e. The van der Waals surface area contributed by atoms with Crippen LogP contribution in [0.2, 0.25) is 0 Å². The molecule has 0 aliphatic carbocycles. The summed E-state index contributed by atoms with van der Waals surface area (Å²) in [4.78, 5) is 4.78. The van der Waals surface area contributed by atoms with Crippen molar-refractivity contribution in [1.82, 2.24) is 14.1 Å². The molecule has 0 aliphatic rings. The number of benzene rings is 8. The van der Waals surface area contributed by atoms with Crippen molar-refractivity contribution in [2.24, 2.45) is 0 Å². The normalized spacial score (nSPS) is 14.2. The molecule has 8 aromatic carbocycles. The summed E-state index contributed by atoms with van der Waals surface area (Å²) in [6, 6.07) is 49.6. The fraction of sp³-hybridized carbons (Fsp3) is 0.239. The first-order valence-electron chi connectivity index (χ1n) is 30.2. The Bertz CT molecular complexity index is 4370. The van der Waals surface area contributed by atoms with E-state index < -0.39 is 37.1 Å². The third kappa shape index (κ3) is 9.42. The molecule has 0 bridgehead atoms. The van der Waals surface area contributed by atoms with E-state index in [2.05, 4.69) is 183 Å². The predicted molar refractivity (Wildman–Crippen MR) is 318 cm³/mol. The Morgan fingerprint density at radius 3 is 1.88 bits per heavy atom. The van der Waals surface area contributed by atoms with Crippen molar-refractivity contribution in [1.29, 1.82) is 0 Å². The van der Waals surface area contributed by atoms with Crippen LogP contribution in [0.4, 0.5) is 0 Å². The maximum atomic E-state index is 8.70. The van der Waals surface area contributed by atoms with Gasteiger partial charge in [-0.05, 0) is 133 Å². The van der Waals surface area contributed by atoms with Crippen LogP contribution in [0.1, 0.15) is 122 Å². The zero-order valence-electron chi connectivity index (χ0n) is 53.7. The molecule has 5 heteroatoms. The van der Waals surface area contributed by atoms with Crippen LogP contribution in [-0.2, 0) is 21.7 Å². The first-order chi connectivity index (χ1) is 39.4. The summed E-state index contributed by atoms with van der Waals surface area (Å²) in [5.41, 5.74) is 13.8. The van der Waals surface area contributed by atoms with Crippen molar-refractivity contribution in [2.75, 3.05) is 0 Å². The Hall–Kier alpha value is -8.02. The maximum Gasteiger partial charge on any atom is 0.269 e. The highest BCUT2D eigenvalue weighted by molar-refractivity contribution is 6.09. The number of fused-ring (bicyclic) bond motifs is 4. The molecule has 0 spiro atoms. The van der Waals surface area contributed by atoms with Gasteiger partial charge in [0, 0.05) is 32.7 Å². The number of ether oxygens (including phenoxy) is 1. The summed E-state index contributed by atoms with van der Waals surface area (Å²) in [6.07, 6.45) is 5.22. The molecule has 76 heavy (non-hydrogen) atoms. The van der Waals surface area contributed by atoms with Gasteiger partial charge in [0.2, 0.25) is 0 Å². The quantitative estimate of drug-likeness (QED) is 0.112. The second-order valence-corrected chi connectivity index (χ2v) is 24.3. The third-order valence-electron chi connectivity index (χ3n) is 14.6. The van der Waals surface area contributed by atoms with E-state index >= 15 is 0 Å². The van der Waals surface area contributed by atoms with E-state index in [9.17, 15) is 0 Å². The molecular formula is C71H70N4O. The van der Waals surface area contributed by atoms with Gasteiger partial charge >= 0.3 is 0 Å². The fourth-order valence-corrected chi connectivity index (χ4v) is 10.3. The molecule has 0 fully saturated rings. The lowest BCUT2D eigenvalue weighted by Crippen LogP contribution is -2.34. The highest BCUT2D eigenvalue weighted by Crippen LogP contribution is 2.41. The van der Waals surface area contributed by atoms with E-state index in [0.717, 1.165) is 61.0 Å². The molecule has 11 aromatic rings. The number of hydrogen-bond acceptors (Lipinski definition) is 2. The van der Waals surface area contributed by atoms with Gasteiger partial charge in [0.1, 0.15) is 17.3 Å². The fourth-order valence-electron chi connectivity index (χ4n) is 10.3. The van der Waals surface area contributed by atoms with Gasteiger partial charge in [-0.3, -0.25) is 13.7 Å². The Kier molecular flexibility index (Phi) is 10.1. The molecule has 0 atom stereocenters. The second-order valence-electron chi connectivity index (χ2n) is 24.3. The van der Waals surface area contributed by atoms with E-state index in [0.29, 0.717) is 17.0 Å². The van der Waals surface area contributed by atoms with Gasteiger partial charge in [0.15, 0.2) is 0 Å². The van der Waals surface area contributed by atoms with Gasteiger partial charge in [-0.25, -0.2) is 4.98 Å². The Balaban J connectivity index is 1.07. The minimum atomic E-state index is -2.75. The molecule has 5 nitrogen and oxygen atoms in total. The number of aryl methyl sites for hydroxylation is 1. The summed E-state index contributed by atoms with van der Waals surface area (Å²) in [5.74, 6) is 1.35. The van der Waals surface area contributed by atoms with Gasteiger partial charge in [0.05, 0.1) is 40.3 Å². The molecule has 0 N–H and O–H groups in total. The number of aromatic nitrogens is 4. The average molecular weight is 1000 g/mol. The molecule has 0 saturated carbocycles. The van der Waals surface area contributed by atoms with Gasteiger partial charge in [0.25, 0.3) is 6.33 Å². The van der Waals surface area contributed by atoms with Gasteiger partial charge < -0.3 is 4.74 Å². The number of hydrogen-bond donors (Lipinski definition) is 0. The van der Waals surface area contributed by atoms with Crippen LogP contribution >= 0.6 is 0 Å². The molecule has 3 aromatic heterocycles. The Labute approximate surface area is 461 Å². The molecule has 0 amide bonds. The molecule has 0 aliphatic heterocycles. The summed E-state index contributed by atoms with van der Waals surface area (Å²) >= 11 is 0. The zero-order valence-corrected chi connectivity index (χ0v) is 45.7. The van der Waals surface area contributed by atoms with Crippen LogP contribution in [0.3, 0.4) is 0 Å². The Morgan fingerprint density at radius 1 is 0.513 bits per heavy atom. The van der Waals surface area contributed by atoms with Crippen LogP contribution in [-0.4, -0.2) is 14.1 Å². The van der Waals surface area contributed by atoms with Crippen molar-refractivity contribution in [3.8, 4) is 62.1 Å². The van der Waals surface area contributed by atoms with Gasteiger partial charge in [-0.2, -0.15) is 0 Å². The number of para-hydroxylation sites is 2. The van der Waals surface area contributed by atoms with E-state index in [-0.39, 0.29) is 44.2 Å². The van der Waals surface area contributed by atoms with Crippen LogP contribution in [0.5, 0.6) is 11.5 Å². The van der Waals surface area contributed by atoms with Gasteiger partial charge in [-0.1, -0.05) is 210 Å².